The number of nitrogens with one attached hydrogen (secondary N) is 2. The fraction of sp³-hybridized carbons (Fsp3) is 0.513. The number of rotatable bonds is 9. The number of hydrogen-bond donors (Lipinski definition) is 3. The molecule has 50 heavy (non-hydrogen) atoms. The molecular formula is C39H47N5O6. The van der Waals surface area contributed by atoms with E-state index in [1.165, 1.54) is 19.3 Å². The lowest BCUT2D eigenvalue weighted by molar-refractivity contribution is -0.384. The van der Waals surface area contributed by atoms with E-state index in [1.54, 1.807) is 12.1 Å². The number of anilines is 2. The van der Waals surface area contributed by atoms with Crippen LogP contribution in [0.25, 0.3) is 0 Å². The number of amides is 2. The molecule has 6 aliphatic rings. The Balaban J connectivity index is 0.910. The number of nitrogens with zero attached hydrogens (tertiary/aromatic N) is 3. The summed E-state index contributed by atoms with van der Waals surface area (Å²) in [5, 5.41) is 27.1. The van der Waals surface area contributed by atoms with Gasteiger partial charge in [-0.25, -0.2) is 4.79 Å². The van der Waals surface area contributed by atoms with Crippen molar-refractivity contribution in [2.75, 3.05) is 42.9 Å². The zero-order valence-corrected chi connectivity index (χ0v) is 28.4. The van der Waals surface area contributed by atoms with Gasteiger partial charge >= 0.3 is 6.03 Å². The van der Waals surface area contributed by atoms with E-state index < -0.39 is 6.29 Å². The summed E-state index contributed by atoms with van der Waals surface area (Å²) in [6, 6.07) is 22.4. The van der Waals surface area contributed by atoms with Crippen molar-refractivity contribution in [2.45, 2.75) is 75.6 Å². The van der Waals surface area contributed by atoms with Gasteiger partial charge in [0.05, 0.1) is 23.7 Å². The van der Waals surface area contributed by atoms with Crippen LogP contribution in [0.5, 0.6) is 0 Å². The van der Waals surface area contributed by atoms with Crippen LogP contribution in [-0.2, 0) is 16.1 Å². The first-order valence-corrected chi connectivity index (χ1v) is 18.2. The second kappa shape index (κ2) is 13.9. The number of hydrogen-bond acceptors (Lipinski definition) is 8. The van der Waals surface area contributed by atoms with Crippen molar-refractivity contribution in [2.24, 2.45) is 17.8 Å². The third kappa shape index (κ3) is 7.23. The molecule has 2 amide bonds. The number of urea groups is 1. The average molecular weight is 682 g/mol. The minimum Gasteiger partial charge on any atom is -0.392 e. The van der Waals surface area contributed by atoms with E-state index in [-0.39, 0.29) is 41.0 Å². The summed E-state index contributed by atoms with van der Waals surface area (Å²) in [5.41, 5.74) is 4.58. The van der Waals surface area contributed by atoms with Crippen molar-refractivity contribution < 1.29 is 24.3 Å². The fourth-order valence-electron chi connectivity index (χ4n) is 9.69. The number of benzene rings is 3. The van der Waals surface area contributed by atoms with E-state index in [4.69, 9.17) is 9.47 Å². The maximum Gasteiger partial charge on any atom is 0.319 e. The van der Waals surface area contributed by atoms with Crippen LogP contribution >= 0.6 is 0 Å². The molecule has 2 saturated heterocycles. The highest BCUT2D eigenvalue weighted by Crippen LogP contribution is 2.55. The van der Waals surface area contributed by atoms with Crippen LogP contribution in [0.4, 0.5) is 21.9 Å². The summed E-state index contributed by atoms with van der Waals surface area (Å²) in [6.45, 7) is 4.09. The molecule has 4 bridgehead atoms. The molecule has 3 atom stereocenters. The monoisotopic (exact) mass is 681 g/mol. The first-order chi connectivity index (χ1) is 24.3. The molecule has 6 fully saturated rings. The van der Waals surface area contributed by atoms with Gasteiger partial charge in [-0.15, -0.1) is 0 Å². The normalized spacial score (nSPS) is 30.6. The van der Waals surface area contributed by atoms with E-state index in [0.29, 0.717) is 6.42 Å². The lowest BCUT2D eigenvalue weighted by Crippen LogP contribution is -2.60. The molecule has 11 nitrogen and oxygen atoms in total. The van der Waals surface area contributed by atoms with Crippen molar-refractivity contribution in [3.63, 3.8) is 0 Å². The summed E-state index contributed by atoms with van der Waals surface area (Å²) in [4.78, 5) is 28.6. The van der Waals surface area contributed by atoms with Crippen LogP contribution in [0.3, 0.4) is 0 Å². The van der Waals surface area contributed by atoms with Crippen LogP contribution in [0, 0.1) is 27.9 Å². The molecule has 3 unspecified atom stereocenters. The maximum atomic E-state index is 13.2. The molecule has 0 spiro atoms. The third-order valence-corrected chi connectivity index (χ3v) is 11.7. The highest BCUT2D eigenvalue weighted by molar-refractivity contribution is 5.89. The zero-order chi connectivity index (χ0) is 34.2. The average Bonchev–Trinajstić information content (AvgIpc) is 3.11. The molecule has 3 N–H and O–H groups in total. The van der Waals surface area contributed by atoms with Crippen LogP contribution < -0.4 is 15.5 Å². The van der Waals surface area contributed by atoms with Crippen LogP contribution in [0.1, 0.15) is 74.0 Å². The quantitative estimate of drug-likeness (QED) is 0.172. The summed E-state index contributed by atoms with van der Waals surface area (Å²) in [6.07, 6.45) is 7.22. The lowest BCUT2D eigenvalue weighted by atomic mass is 9.53. The number of carbonyl (C=O) groups is 1. The van der Waals surface area contributed by atoms with Gasteiger partial charge in [0.2, 0.25) is 0 Å². The van der Waals surface area contributed by atoms with Crippen molar-refractivity contribution >= 4 is 23.1 Å². The van der Waals surface area contributed by atoms with Gasteiger partial charge in [0.1, 0.15) is 0 Å². The number of aliphatic hydroxyl groups excluding tert-OH is 1. The fourth-order valence-corrected chi connectivity index (χ4v) is 9.69. The Kier molecular flexibility index (Phi) is 9.24. The Hall–Kier alpha value is -4.03. The Bertz CT molecular complexity index is 1620. The molecule has 4 aliphatic carbocycles. The van der Waals surface area contributed by atoms with Gasteiger partial charge in [-0.2, -0.15) is 0 Å². The van der Waals surface area contributed by atoms with Gasteiger partial charge in [0, 0.05) is 73.8 Å². The number of aliphatic hydroxyl groups is 1. The maximum absolute atomic E-state index is 13.2. The Morgan fingerprint density at radius 1 is 0.820 bits per heavy atom. The van der Waals surface area contributed by atoms with Crippen molar-refractivity contribution in [3.8, 4) is 0 Å². The number of nitro groups is 1. The third-order valence-electron chi connectivity index (χ3n) is 11.7. The van der Waals surface area contributed by atoms with Crippen LogP contribution in [0.15, 0.2) is 72.8 Å². The van der Waals surface area contributed by atoms with E-state index >= 15 is 0 Å². The SMILES string of the molecule is O=C(Nc1ccc(C2OC(CN3CCN(c4ccc([N+](=O)[O-])cc4)CC3)CC(c3ccc(CO)cc3)O2)cc1)NC12CC3CC(CC(C3)C1)C2. The lowest BCUT2D eigenvalue weighted by Gasteiger charge is -2.56. The standard InChI is InChI=1S/C39H47N5O6/c45-25-26-1-3-30(4-2-26)36-20-35(24-42-13-15-43(16-14-42)33-9-11-34(12-10-33)44(47)48)49-37(50-36)31-5-7-32(8-6-31)40-38(46)41-39-21-27-17-28(22-39)19-29(18-27)23-39/h1-12,27-29,35-37,45H,13-25H2,(H2,40,41,46). The van der Waals surface area contributed by atoms with Crippen LogP contribution in [0.2, 0.25) is 0 Å². The Labute approximate surface area is 293 Å². The predicted octanol–water partition coefficient (Wildman–Crippen LogP) is 6.55. The van der Waals surface area contributed by atoms with Gasteiger partial charge in [-0.05, 0) is 91.7 Å². The van der Waals surface area contributed by atoms with Gasteiger partial charge in [-0.3, -0.25) is 15.0 Å². The number of ether oxygens (including phenoxy) is 2. The first kappa shape index (κ1) is 33.1. The van der Waals surface area contributed by atoms with Gasteiger partial charge in [0.25, 0.3) is 5.69 Å². The molecular weight excluding hydrogens is 634 g/mol. The zero-order valence-electron chi connectivity index (χ0n) is 28.4. The minimum absolute atomic E-state index is 0.00698. The highest BCUT2D eigenvalue weighted by atomic mass is 16.7. The van der Waals surface area contributed by atoms with Crippen molar-refractivity contribution in [1.29, 1.82) is 0 Å². The second-order valence-electron chi connectivity index (χ2n) is 15.3. The summed E-state index contributed by atoms with van der Waals surface area (Å²) in [5.74, 6) is 2.30. The second-order valence-corrected chi connectivity index (χ2v) is 15.3. The van der Waals surface area contributed by atoms with Crippen molar-refractivity contribution in [1.82, 2.24) is 10.2 Å². The smallest absolute Gasteiger partial charge is 0.319 e. The van der Waals surface area contributed by atoms with Gasteiger partial charge in [-0.1, -0.05) is 36.4 Å². The molecule has 0 aromatic heterocycles. The molecule has 0 radical (unpaired) electrons. The molecule has 11 heteroatoms. The largest absolute Gasteiger partial charge is 0.392 e. The highest BCUT2D eigenvalue weighted by Gasteiger charge is 2.51. The number of non-ortho nitro benzene ring substituents is 1. The van der Waals surface area contributed by atoms with E-state index in [1.807, 2.05) is 60.7 Å². The van der Waals surface area contributed by atoms with Crippen LogP contribution in [-0.4, -0.2) is 65.3 Å². The van der Waals surface area contributed by atoms with E-state index in [0.717, 1.165) is 97.8 Å². The number of nitro benzene ring substituents is 1. The number of piperazine rings is 1. The summed E-state index contributed by atoms with van der Waals surface area (Å²) >= 11 is 0. The molecule has 264 valence electrons. The summed E-state index contributed by atoms with van der Waals surface area (Å²) < 4.78 is 13.2. The molecule has 4 saturated carbocycles. The molecule has 3 aromatic carbocycles. The van der Waals surface area contributed by atoms with Gasteiger partial charge < -0.3 is 30.1 Å². The van der Waals surface area contributed by atoms with Crippen molar-refractivity contribution in [3.05, 3.63) is 99.6 Å². The number of carbonyl (C=O) groups excluding carboxylic acids is 1. The first-order valence-electron chi connectivity index (χ1n) is 18.2. The molecule has 2 heterocycles. The molecule has 2 aliphatic heterocycles. The predicted molar refractivity (Wildman–Crippen MR) is 190 cm³/mol. The Morgan fingerprint density at radius 2 is 1.44 bits per heavy atom. The van der Waals surface area contributed by atoms with E-state index in [2.05, 4.69) is 20.4 Å². The minimum atomic E-state index is -0.576. The molecule has 3 aromatic rings. The Morgan fingerprint density at radius 3 is 2.04 bits per heavy atom. The van der Waals surface area contributed by atoms with Gasteiger partial charge in [0.15, 0.2) is 6.29 Å². The summed E-state index contributed by atoms with van der Waals surface area (Å²) in [7, 11) is 0. The van der Waals surface area contributed by atoms with E-state index in [9.17, 15) is 20.0 Å². The topological polar surface area (TPSA) is 129 Å². The molecule has 9 rings (SSSR count).